The Hall–Kier alpha value is -2.15. The molecular weight excluding hydrogens is 312 g/mol. The van der Waals surface area contributed by atoms with Gasteiger partial charge in [-0.15, -0.1) is 11.6 Å². The lowest BCUT2D eigenvalue weighted by molar-refractivity contribution is 0.0951. The molecule has 0 aliphatic carbocycles. The maximum absolute atomic E-state index is 12.0. The van der Waals surface area contributed by atoms with Gasteiger partial charge < -0.3 is 24.8 Å². The van der Waals surface area contributed by atoms with E-state index >= 15 is 0 Å². The van der Waals surface area contributed by atoms with Crippen molar-refractivity contribution < 1.29 is 23.8 Å². The first-order chi connectivity index (χ1) is 10.6. The van der Waals surface area contributed by atoms with E-state index in [1.807, 2.05) is 0 Å². The number of alkyl carbamates (subject to hydrolysis) is 1. The van der Waals surface area contributed by atoms with Crippen LogP contribution in [0.25, 0.3) is 0 Å². The van der Waals surface area contributed by atoms with Gasteiger partial charge in [0.1, 0.15) is 18.1 Å². The minimum Gasteiger partial charge on any atom is -0.497 e. The number of amides is 2. The number of ether oxygens (including phenoxy) is 3. The number of rotatable bonds is 8. The minimum atomic E-state index is -0.571. The van der Waals surface area contributed by atoms with Crippen molar-refractivity contribution in [2.24, 2.45) is 0 Å². The van der Waals surface area contributed by atoms with Crippen LogP contribution in [-0.2, 0) is 4.74 Å². The number of methoxy groups -OCH3 is 2. The molecule has 0 fully saturated rings. The number of halogens is 1. The highest BCUT2D eigenvalue weighted by atomic mass is 35.5. The molecule has 0 saturated heterocycles. The topological polar surface area (TPSA) is 85.9 Å². The normalized spacial score (nSPS) is 9.77. The highest BCUT2D eigenvalue weighted by Crippen LogP contribution is 2.22. The highest BCUT2D eigenvalue weighted by molar-refractivity contribution is 6.18. The van der Waals surface area contributed by atoms with Gasteiger partial charge in [0.05, 0.1) is 20.1 Å². The van der Waals surface area contributed by atoms with Crippen molar-refractivity contribution in [1.82, 2.24) is 10.6 Å². The van der Waals surface area contributed by atoms with Gasteiger partial charge in [-0.05, 0) is 12.1 Å². The molecule has 22 heavy (non-hydrogen) atoms. The van der Waals surface area contributed by atoms with Crippen LogP contribution >= 0.6 is 11.6 Å². The van der Waals surface area contributed by atoms with E-state index in [4.69, 9.17) is 25.8 Å². The van der Waals surface area contributed by atoms with Crippen molar-refractivity contribution >= 4 is 23.6 Å². The summed E-state index contributed by atoms with van der Waals surface area (Å²) in [6.07, 6.45) is -0.571. The number of carbonyl (C=O) groups excluding carboxylic acids is 2. The van der Waals surface area contributed by atoms with Crippen LogP contribution in [-0.4, -0.2) is 51.8 Å². The summed E-state index contributed by atoms with van der Waals surface area (Å²) in [7, 11) is 3.01. The molecular formula is C14H19ClN2O5. The van der Waals surface area contributed by atoms with Crippen molar-refractivity contribution in [3.63, 3.8) is 0 Å². The van der Waals surface area contributed by atoms with E-state index in [2.05, 4.69) is 10.6 Å². The van der Waals surface area contributed by atoms with Crippen molar-refractivity contribution in [2.45, 2.75) is 0 Å². The summed E-state index contributed by atoms with van der Waals surface area (Å²) in [4.78, 5) is 23.2. The van der Waals surface area contributed by atoms with E-state index in [-0.39, 0.29) is 31.5 Å². The average Bonchev–Trinajstić information content (AvgIpc) is 2.55. The first-order valence-corrected chi connectivity index (χ1v) is 7.12. The van der Waals surface area contributed by atoms with Gasteiger partial charge in [-0.3, -0.25) is 4.79 Å². The Morgan fingerprint density at radius 1 is 1.05 bits per heavy atom. The molecule has 8 heteroatoms. The fourth-order valence-corrected chi connectivity index (χ4v) is 1.64. The van der Waals surface area contributed by atoms with Crippen LogP contribution in [0.2, 0.25) is 0 Å². The van der Waals surface area contributed by atoms with Crippen LogP contribution in [0.15, 0.2) is 18.2 Å². The molecule has 0 bridgehead atoms. The molecule has 0 radical (unpaired) electrons. The lowest BCUT2D eigenvalue weighted by Gasteiger charge is -2.10. The Balaban J connectivity index is 2.44. The summed E-state index contributed by atoms with van der Waals surface area (Å²) >= 11 is 5.38. The van der Waals surface area contributed by atoms with Crippen LogP contribution in [0.3, 0.4) is 0 Å². The van der Waals surface area contributed by atoms with Crippen molar-refractivity contribution in [2.75, 3.05) is 39.8 Å². The summed E-state index contributed by atoms with van der Waals surface area (Å²) in [6.45, 7) is 0.644. The Morgan fingerprint density at radius 3 is 2.18 bits per heavy atom. The smallest absolute Gasteiger partial charge is 0.407 e. The molecule has 1 rings (SSSR count). The molecule has 0 aliphatic heterocycles. The van der Waals surface area contributed by atoms with Crippen molar-refractivity contribution in [1.29, 1.82) is 0 Å². The SMILES string of the molecule is COc1cc(OC)cc(C(=O)NCCNC(=O)OCCCl)c1. The van der Waals surface area contributed by atoms with Crippen LogP contribution in [0, 0.1) is 0 Å². The van der Waals surface area contributed by atoms with E-state index in [0.29, 0.717) is 17.1 Å². The predicted octanol–water partition coefficient (Wildman–Crippen LogP) is 1.40. The number of carbonyl (C=O) groups is 2. The third-order valence-electron chi connectivity index (χ3n) is 2.60. The monoisotopic (exact) mass is 330 g/mol. The van der Waals surface area contributed by atoms with Gasteiger partial charge in [-0.2, -0.15) is 0 Å². The van der Waals surface area contributed by atoms with E-state index < -0.39 is 6.09 Å². The number of nitrogens with one attached hydrogen (secondary N) is 2. The number of hydrogen-bond donors (Lipinski definition) is 2. The first-order valence-electron chi connectivity index (χ1n) is 6.58. The lowest BCUT2D eigenvalue weighted by Crippen LogP contribution is -2.35. The quantitative estimate of drug-likeness (QED) is 0.556. The zero-order valence-corrected chi connectivity index (χ0v) is 13.2. The van der Waals surface area contributed by atoms with E-state index in [9.17, 15) is 9.59 Å². The Morgan fingerprint density at radius 2 is 1.64 bits per heavy atom. The molecule has 0 aliphatic rings. The van der Waals surface area contributed by atoms with E-state index in [1.165, 1.54) is 14.2 Å². The Bertz CT molecular complexity index is 488. The molecule has 2 N–H and O–H groups in total. The zero-order chi connectivity index (χ0) is 16.4. The Labute approximate surface area is 133 Å². The summed E-state index contributed by atoms with van der Waals surface area (Å²) in [6, 6.07) is 4.87. The fraction of sp³-hybridized carbons (Fsp3) is 0.429. The van der Waals surface area contributed by atoms with Gasteiger partial charge in [0.15, 0.2) is 0 Å². The number of benzene rings is 1. The largest absolute Gasteiger partial charge is 0.497 e. The van der Waals surface area contributed by atoms with Crippen LogP contribution in [0.5, 0.6) is 11.5 Å². The number of hydrogen-bond acceptors (Lipinski definition) is 5. The Kier molecular flexibility index (Phi) is 7.91. The second-order valence-electron chi connectivity index (χ2n) is 4.11. The molecule has 0 heterocycles. The maximum Gasteiger partial charge on any atom is 0.407 e. The molecule has 7 nitrogen and oxygen atoms in total. The minimum absolute atomic E-state index is 0.142. The molecule has 0 unspecified atom stereocenters. The van der Waals surface area contributed by atoms with Crippen LogP contribution in [0.4, 0.5) is 4.79 Å². The van der Waals surface area contributed by atoms with E-state index in [0.717, 1.165) is 0 Å². The van der Waals surface area contributed by atoms with Gasteiger partial charge in [-0.25, -0.2) is 4.79 Å². The predicted molar refractivity (Wildman–Crippen MR) is 81.9 cm³/mol. The average molecular weight is 331 g/mol. The second-order valence-corrected chi connectivity index (χ2v) is 4.49. The molecule has 1 aromatic rings. The summed E-state index contributed by atoms with van der Waals surface area (Å²) in [5.74, 6) is 0.981. The number of alkyl halides is 1. The molecule has 0 saturated carbocycles. The second kappa shape index (κ2) is 9.73. The molecule has 2 amide bonds. The van der Waals surface area contributed by atoms with Crippen LogP contribution in [0.1, 0.15) is 10.4 Å². The van der Waals surface area contributed by atoms with Crippen LogP contribution < -0.4 is 20.1 Å². The highest BCUT2D eigenvalue weighted by Gasteiger charge is 2.09. The van der Waals surface area contributed by atoms with Gasteiger partial charge in [0.2, 0.25) is 0 Å². The van der Waals surface area contributed by atoms with Gasteiger partial charge >= 0.3 is 6.09 Å². The molecule has 1 aromatic carbocycles. The lowest BCUT2D eigenvalue weighted by atomic mass is 10.2. The summed E-state index contributed by atoms with van der Waals surface area (Å²) in [5, 5.41) is 5.15. The fourth-order valence-electron chi connectivity index (χ4n) is 1.56. The third kappa shape index (κ3) is 6.09. The van der Waals surface area contributed by atoms with Gasteiger partial charge in [0.25, 0.3) is 5.91 Å². The van der Waals surface area contributed by atoms with Crippen molar-refractivity contribution in [3.05, 3.63) is 23.8 Å². The van der Waals surface area contributed by atoms with Gasteiger partial charge in [0, 0.05) is 24.7 Å². The summed E-state index contributed by atoms with van der Waals surface area (Å²) < 4.78 is 14.9. The van der Waals surface area contributed by atoms with Gasteiger partial charge in [-0.1, -0.05) is 0 Å². The zero-order valence-electron chi connectivity index (χ0n) is 12.5. The first kappa shape index (κ1) is 17.9. The molecule has 0 aromatic heterocycles. The van der Waals surface area contributed by atoms with E-state index in [1.54, 1.807) is 18.2 Å². The molecule has 122 valence electrons. The standard InChI is InChI=1S/C14H19ClN2O5/c1-20-11-7-10(8-12(9-11)21-2)13(18)16-4-5-17-14(19)22-6-3-15/h7-9H,3-6H2,1-2H3,(H,16,18)(H,17,19). The summed E-state index contributed by atoms with van der Waals surface area (Å²) in [5.41, 5.74) is 0.404. The third-order valence-corrected chi connectivity index (χ3v) is 2.76. The van der Waals surface area contributed by atoms with Crippen molar-refractivity contribution in [3.8, 4) is 11.5 Å². The molecule has 0 atom stereocenters. The maximum atomic E-state index is 12.0. The molecule has 0 spiro atoms.